The molecule has 0 amide bonds. The van der Waals surface area contributed by atoms with Crippen LogP contribution in [0.4, 0.5) is 68.2 Å². The lowest BCUT2D eigenvalue weighted by atomic mass is 10.0. The molecule has 0 fully saturated rings. The molecule has 20 aromatic carbocycles. The van der Waals surface area contributed by atoms with E-state index in [9.17, 15) is 0 Å². The third-order valence-corrected chi connectivity index (χ3v) is 34.1. The Labute approximate surface area is 703 Å². The SMILES string of the molecule is c1ccc(-c2ccc(N(c3ccc(-c4ccc5c(c4)N(c4ccccc4)c4ccccc4[Si]5(c4ccccc4)c4ccccc4)cc3)c3cccc4ccccc34)cc2)cc1.c1ccc(N2c3ccccc3[Si](c3ccccc3)(c3ccccc3)c3ccc(-c4ccc(N(c5cccc6ccccc56)c5cccc6ccccc56)cc4)cc32)cc1. The van der Waals surface area contributed by atoms with Crippen molar-refractivity contribution in [2.45, 2.75) is 0 Å². The fraction of sp³-hybridized carbons (Fsp3) is 0. The van der Waals surface area contributed by atoms with Crippen molar-refractivity contribution >= 4 is 158 Å². The number of nitrogens with zero attached hydrogens (tertiary/aromatic N) is 4. The lowest BCUT2D eigenvalue weighted by Crippen LogP contribution is -2.77. The molecule has 2 heterocycles. The molecule has 2 aliphatic heterocycles. The van der Waals surface area contributed by atoms with Gasteiger partial charge in [0.25, 0.3) is 0 Å². The van der Waals surface area contributed by atoms with Crippen molar-refractivity contribution in [2.24, 2.45) is 0 Å². The Bertz CT molecular complexity index is 6910. The second kappa shape index (κ2) is 31.4. The molecule has 0 radical (unpaired) electrons. The average molecular weight is 1560 g/mol. The summed E-state index contributed by atoms with van der Waals surface area (Å²) < 4.78 is 0. The number of fused-ring (bicyclic) bond motifs is 7. The summed E-state index contributed by atoms with van der Waals surface area (Å²) in [5.41, 5.74) is 21.1. The smallest absolute Gasteiger partial charge is 0.184 e. The summed E-state index contributed by atoms with van der Waals surface area (Å²) in [5.74, 6) is 0. The van der Waals surface area contributed by atoms with Crippen molar-refractivity contribution in [1.82, 2.24) is 0 Å². The van der Waals surface area contributed by atoms with Crippen LogP contribution in [-0.4, -0.2) is 16.1 Å². The van der Waals surface area contributed by atoms with Gasteiger partial charge in [0.05, 0.1) is 17.1 Å². The van der Waals surface area contributed by atoms with Gasteiger partial charge in [-0.2, -0.15) is 0 Å². The molecule has 20 aromatic rings. The maximum atomic E-state index is 2.49. The van der Waals surface area contributed by atoms with Crippen LogP contribution in [0, 0.1) is 0 Å². The Morgan fingerprint density at radius 2 is 0.417 bits per heavy atom. The highest BCUT2D eigenvalue weighted by atomic mass is 28.3. The van der Waals surface area contributed by atoms with E-state index in [-0.39, 0.29) is 0 Å². The van der Waals surface area contributed by atoms with Crippen molar-refractivity contribution in [1.29, 1.82) is 0 Å². The summed E-state index contributed by atoms with van der Waals surface area (Å²) in [6.45, 7) is 0. The zero-order chi connectivity index (χ0) is 79.8. The molecule has 0 N–H and O–H groups in total. The van der Waals surface area contributed by atoms with Crippen LogP contribution in [0.5, 0.6) is 0 Å². The summed E-state index contributed by atoms with van der Waals surface area (Å²) in [4.78, 5) is 9.79. The Hall–Kier alpha value is -15.2. The van der Waals surface area contributed by atoms with Gasteiger partial charge in [-0.25, -0.2) is 0 Å². The highest BCUT2D eigenvalue weighted by Gasteiger charge is 2.51. The molecule has 0 spiro atoms. The van der Waals surface area contributed by atoms with Gasteiger partial charge in [-0.05, 0) is 194 Å². The van der Waals surface area contributed by atoms with E-state index < -0.39 is 16.1 Å². The zero-order valence-electron chi connectivity index (χ0n) is 66.1. The average Bonchev–Trinajstić information content (AvgIpc) is 0.702. The van der Waals surface area contributed by atoms with E-state index in [1.807, 2.05) is 0 Å². The lowest BCUT2D eigenvalue weighted by molar-refractivity contribution is 1.29. The van der Waals surface area contributed by atoms with Gasteiger partial charge in [-0.3, -0.25) is 0 Å². The Morgan fingerprint density at radius 3 is 0.775 bits per heavy atom. The minimum Gasteiger partial charge on any atom is -0.311 e. The van der Waals surface area contributed by atoms with Crippen molar-refractivity contribution < 1.29 is 0 Å². The summed E-state index contributed by atoms with van der Waals surface area (Å²) in [6, 6.07) is 183. The third-order valence-electron chi connectivity index (χ3n) is 24.4. The van der Waals surface area contributed by atoms with Crippen LogP contribution < -0.4 is 61.1 Å². The van der Waals surface area contributed by atoms with Gasteiger partial charge in [0.2, 0.25) is 0 Å². The number of hydrogen-bond donors (Lipinski definition) is 0. The van der Waals surface area contributed by atoms with Gasteiger partial charge < -0.3 is 19.6 Å². The molecule has 120 heavy (non-hydrogen) atoms. The van der Waals surface area contributed by atoms with Gasteiger partial charge >= 0.3 is 0 Å². The zero-order valence-corrected chi connectivity index (χ0v) is 68.1. The first kappa shape index (κ1) is 72.5. The molecule has 0 atom stereocenters. The van der Waals surface area contributed by atoms with E-state index in [1.165, 1.54) is 130 Å². The number of benzene rings is 20. The summed E-state index contributed by atoms with van der Waals surface area (Å²) in [7, 11) is -5.54. The van der Waals surface area contributed by atoms with Crippen LogP contribution in [0.1, 0.15) is 0 Å². The standard InChI is InChI=1S/C58H42N2Si.C56H40N2Si/c1-5-18-43(19-6-1)44-32-37-49(38-33-44)59(54-30-17-21-46-20-13-14-28-53(46)54)50-39-34-45(35-40-50)47-36-41-58-56(42-47)60(48-22-7-2-8-23-48)55-29-15-16-31-57(55)61(58,51-24-9-3-10-25-51)52-26-11-4-12-27-52;1-4-22-45(23-5-1)58-53-30-14-15-33-55(53)59(47-24-6-2-7-25-47,48-26-8-3-9-27-48)56-39-36-44(40-54(56)58)41-34-37-46(38-35-41)57(51-31-16-20-42-18-10-12-28-49(42)51)52-32-17-21-43-19-11-13-29-50(43)52/h1-42H;1-40H. The molecule has 0 unspecified atom stereocenters. The van der Waals surface area contributed by atoms with Gasteiger partial charge in [0, 0.05) is 67.3 Å². The summed E-state index contributed by atoms with van der Waals surface area (Å²) >= 11 is 0. The molecule has 0 aromatic heterocycles. The first-order chi connectivity index (χ1) is 59.6. The molecular formula is C114H82N4Si2. The van der Waals surface area contributed by atoms with Crippen LogP contribution in [0.3, 0.4) is 0 Å². The van der Waals surface area contributed by atoms with Crippen LogP contribution in [0.25, 0.3) is 65.7 Å². The molecule has 0 aliphatic carbocycles. The molecule has 6 heteroatoms. The number of anilines is 12. The van der Waals surface area contributed by atoms with Gasteiger partial charge in [0.1, 0.15) is 0 Å². The van der Waals surface area contributed by atoms with Crippen molar-refractivity contribution in [2.75, 3.05) is 19.6 Å². The van der Waals surface area contributed by atoms with E-state index in [2.05, 4.69) is 517 Å². The first-order valence-corrected chi connectivity index (χ1v) is 45.4. The van der Waals surface area contributed by atoms with Gasteiger partial charge in [0.15, 0.2) is 16.1 Å². The minimum absolute atomic E-state index is 1.10. The molecule has 566 valence electrons. The number of rotatable bonds is 15. The topological polar surface area (TPSA) is 13.0 Å². The predicted molar refractivity (Wildman–Crippen MR) is 515 cm³/mol. The minimum atomic E-state index is -2.77. The normalized spacial score (nSPS) is 12.8. The fourth-order valence-corrected chi connectivity index (χ4v) is 29.2. The Morgan fingerprint density at radius 1 is 0.167 bits per heavy atom. The molecule has 4 nitrogen and oxygen atoms in total. The van der Waals surface area contributed by atoms with Gasteiger partial charge in [-0.15, -0.1) is 0 Å². The van der Waals surface area contributed by atoms with E-state index in [1.54, 1.807) is 0 Å². The van der Waals surface area contributed by atoms with Crippen LogP contribution in [0.2, 0.25) is 0 Å². The predicted octanol–water partition coefficient (Wildman–Crippen LogP) is 25.1. The molecule has 0 saturated carbocycles. The quantitative estimate of drug-likeness (QED) is 0.0949. The van der Waals surface area contributed by atoms with E-state index in [4.69, 9.17) is 0 Å². The maximum absolute atomic E-state index is 2.77. The van der Waals surface area contributed by atoms with Crippen LogP contribution in [0.15, 0.2) is 497 Å². The van der Waals surface area contributed by atoms with E-state index in [0.717, 1.165) is 45.5 Å². The van der Waals surface area contributed by atoms with E-state index in [0.29, 0.717) is 0 Å². The van der Waals surface area contributed by atoms with Crippen LogP contribution in [-0.2, 0) is 0 Å². The highest BCUT2D eigenvalue weighted by molar-refractivity contribution is 7.22. The second-order valence-corrected chi connectivity index (χ2v) is 38.4. The van der Waals surface area contributed by atoms with Crippen molar-refractivity contribution in [3.05, 3.63) is 497 Å². The molecular weight excluding hydrogens is 1480 g/mol. The molecule has 22 rings (SSSR count). The van der Waals surface area contributed by atoms with Crippen molar-refractivity contribution in [3.8, 4) is 33.4 Å². The Kier molecular flexibility index (Phi) is 19.0. The summed E-state index contributed by atoms with van der Waals surface area (Å²) in [5, 5.41) is 18.4. The molecule has 0 saturated heterocycles. The van der Waals surface area contributed by atoms with Gasteiger partial charge in [-0.1, -0.05) is 394 Å². The lowest BCUT2D eigenvalue weighted by Gasteiger charge is -2.45. The largest absolute Gasteiger partial charge is 0.311 e. The fourth-order valence-electron chi connectivity index (χ4n) is 19.1. The van der Waals surface area contributed by atoms with E-state index >= 15 is 0 Å². The third kappa shape index (κ3) is 12.7. The monoisotopic (exact) mass is 1560 g/mol. The van der Waals surface area contributed by atoms with Crippen LogP contribution >= 0.6 is 0 Å². The highest BCUT2D eigenvalue weighted by Crippen LogP contribution is 2.47. The summed E-state index contributed by atoms with van der Waals surface area (Å²) in [6.07, 6.45) is 0. The number of hydrogen-bond acceptors (Lipinski definition) is 4. The number of para-hydroxylation sites is 4. The second-order valence-electron chi connectivity index (χ2n) is 31.0. The molecule has 2 aliphatic rings. The Balaban J connectivity index is 0.000000149. The molecule has 0 bridgehead atoms. The first-order valence-electron chi connectivity index (χ1n) is 41.4. The van der Waals surface area contributed by atoms with Crippen molar-refractivity contribution in [3.63, 3.8) is 0 Å². The maximum Gasteiger partial charge on any atom is 0.184 e.